The fourth-order valence-electron chi connectivity index (χ4n) is 0.624. The summed E-state index contributed by atoms with van der Waals surface area (Å²) in [4.78, 5) is 0. The Morgan fingerprint density at radius 1 is 1.10 bits per heavy atom. The zero-order valence-corrected chi connectivity index (χ0v) is 9.19. The Morgan fingerprint density at radius 3 is 2.20 bits per heavy atom. The summed E-state index contributed by atoms with van der Waals surface area (Å²) in [6.45, 7) is 0. The Labute approximate surface area is 77.1 Å². The van der Waals surface area contributed by atoms with E-state index in [0.29, 0.717) is 0 Å². The molecule has 1 rings (SSSR count). The summed E-state index contributed by atoms with van der Waals surface area (Å²) in [5, 5.41) is 0. The average Bonchev–Trinajstić information content (AvgIpc) is 1.91. The molecule has 46 valence electrons. The molecular formula is C8H5ClZn. The van der Waals surface area contributed by atoms with E-state index in [0.717, 1.165) is 23.9 Å². The minimum absolute atomic E-state index is 0. The van der Waals surface area contributed by atoms with Crippen LogP contribution in [0.25, 0.3) is 0 Å². The first-order valence-corrected chi connectivity index (χ1v) is 4.25. The molecule has 0 amide bonds. The molecule has 0 radical (unpaired) electrons. The van der Waals surface area contributed by atoms with Gasteiger partial charge in [0, 0.05) is 0 Å². The third-order valence-electron chi connectivity index (χ3n) is 1.01. The zero-order valence-electron chi connectivity index (χ0n) is 5.47. The predicted molar refractivity (Wildman–Crippen MR) is 33.3 cm³/mol. The van der Waals surface area contributed by atoms with Gasteiger partial charge in [-0.05, 0) is 0 Å². The topological polar surface area (TPSA) is 0 Å². The van der Waals surface area contributed by atoms with Gasteiger partial charge in [-0.1, -0.05) is 0 Å². The van der Waals surface area contributed by atoms with Crippen LogP contribution in [-0.4, -0.2) is 0 Å². The van der Waals surface area contributed by atoms with Gasteiger partial charge in [0.2, 0.25) is 0 Å². The van der Waals surface area contributed by atoms with E-state index < -0.39 is 0 Å². The van der Waals surface area contributed by atoms with Gasteiger partial charge < -0.3 is 12.4 Å². The van der Waals surface area contributed by atoms with Gasteiger partial charge in [0.1, 0.15) is 0 Å². The summed E-state index contributed by atoms with van der Waals surface area (Å²) >= 11 is 1.05. The molecule has 0 nitrogen and oxygen atoms in total. The van der Waals surface area contributed by atoms with Gasteiger partial charge in [-0.3, -0.25) is 0 Å². The fraction of sp³-hybridized carbons (Fsp3) is 0. The quantitative estimate of drug-likeness (QED) is 0.356. The van der Waals surface area contributed by atoms with Crippen LogP contribution in [0.15, 0.2) is 30.3 Å². The zero-order chi connectivity index (χ0) is 6.53. The molecule has 0 bridgehead atoms. The number of rotatable bonds is 0. The molecule has 0 unspecified atom stereocenters. The van der Waals surface area contributed by atoms with Crippen molar-refractivity contribution in [1.29, 1.82) is 0 Å². The molecule has 0 saturated heterocycles. The number of halogens is 1. The summed E-state index contributed by atoms with van der Waals surface area (Å²) in [5.41, 5.74) is 1.11. The summed E-state index contributed by atoms with van der Waals surface area (Å²) in [6, 6.07) is 10.0. The minimum atomic E-state index is 0. The SMILES string of the molecule is [Cl-].[Zn+][C]#Cc1ccccc1. The van der Waals surface area contributed by atoms with Crippen molar-refractivity contribution in [3.63, 3.8) is 0 Å². The second kappa shape index (κ2) is 5.48. The van der Waals surface area contributed by atoms with Crippen LogP contribution in [0.5, 0.6) is 0 Å². The molecule has 0 heterocycles. The third kappa shape index (κ3) is 3.01. The first-order valence-electron chi connectivity index (χ1n) is 2.76. The van der Waals surface area contributed by atoms with Crippen LogP contribution in [0.1, 0.15) is 5.56 Å². The Hall–Kier alpha value is -0.307. The molecular weight excluding hydrogens is 197 g/mol. The monoisotopic (exact) mass is 200 g/mol. The van der Waals surface area contributed by atoms with Crippen molar-refractivity contribution in [2.75, 3.05) is 0 Å². The van der Waals surface area contributed by atoms with Gasteiger partial charge in [-0.15, -0.1) is 0 Å². The van der Waals surface area contributed by atoms with E-state index in [9.17, 15) is 0 Å². The first kappa shape index (κ1) is 9.69. The van der Waals surface area contributed by atoms with E-state index in [1.807, 2.05) is 30.3 Å². The summed E-state index contributed by atoms with van der Waals surface area (Å²) in [5.74, 6) is 3.01. The van der Waals surface area contributed by atoms with Gasteiger partial charge in [0.15, 0.2) is 0 Å². The van der Waals surface area contributed by atoms with Gasteiger partial charge in [0.05, 0.1) is 0 Å². The van der Waals surface area contributed by atoms with Crippen LogP contribution in [0, 0.1) is 10.4 Å². The Morgan fingerprint density at radius 2 is 1.70 bits per heavy atom. The van der Waals surface area contributed by atoms with Crippen LogP contribution in [-0.2, 0) is 18.3 Å². The van der Waals surface area contributed by atoms with Gasteiger partial charge in [-0.2, -0.15) is 0 Å². The van der Waals surface area contributed by atoms with Crippen molar-refractivity contribution < 1.29 is 30.7 Å². The molecule has 0 aliphatic rings. The van der Waals surface area contributed by atoms with Crippen molar-refractivity contribution in [2.45, 2.75) is 0 Å². The van der Waals surface area contributed by atoms with Crippen LogP contribution in [0.4, 0.5) is 0 Å². The summed E-state index contributed by atoms with van der Waals surface area (Å²) in [7, 11) is 0. The molecule has 0 fully saturated rings. The van der Waals surface area contributed by atoms with E-state index in [4.69, 9.17) is 0 Å². The Bertz CT molecular complexity index is 232. The van der Waals surface area contributed by atoms with Gasteiger partial charge >= 0.3 is 64.6 Å². The molecule has 0 aliphatic carbocycles. The summed E-state index contributed by atoms with van der Waals surface area (Å²) < 4.78 is 2.96. The van der Waals surface area contributed by atoms with E-state index in [1.54, 1.807) is 0 Å². The fourth-order valence-corrected chi connectivity index (χ4v) is 1.05. The van der Waals surface area contributed by atoms with E-state index >= 15 is 0 Å². The summed E-state index contributed by atoms with van der Waals surface area (Å²) in [6.07, 6.45) is 0. The Balaban J connectivity index is 0.000000810. The van der Waals surface area contributed by atoms with Crippen LogP contribution >= 0.6 is 0 Å². The molecule has 1 aromatic carbocycles. The van der Waals surface area contributed by atoms with E-state index in [1.165, 1.54) is 0 Å². The Kier molecular flexibility index (Phi) is 5.31. The molecule has 0 spiro atoms. The van der Waals surface area contributed by atoms with Crippen LogP contribution in [0.2, 0.25) is 0 Å². The number of hydrogen-bond acceptors (Lipinski definition) is 0. The predicted octanol–water partition coefficient (Wildman–Crippen LogP) is -1.45. The average molecular weight is 202 g/mol. The molecule has 1 aromatic rings. The van der Waals surface area contributed by atoms with Gasteiger partial charge in [0.25, 0.3) is 0 Å². The van der Waals surface area contributed by atoms with Crippen molar-refractivity contribution in [3.8, 4) is 10.4 Å². The molecule has 0 saturated carbocycles. The standard InChI is InChI=1S/C8H5.ClH.Zn/c1-2-8-6-4-3-5-7-8;;/h3-7H;1H;/q;;+1/p-1. The normalized spacial score (nSPS) is 7.00. The number of hydrogen-bond donors (Lipinski definition) is 0. The van der Waals surface area contributed by atoms with Crippen molar-refractivity contribution >= 4 is 0 Å². The van der Waals surface area contributed by atoms with E-state index in [2.05, 4.69) is 10.4 Å². The second-order valence-electron chi connectivity index (χ2n) is 1.67. The molecule has 0 aliphatic heterocycles. The molecule has 10 heavy (non-hydrogen) atoms. The van der Waals surface area contributed by atoms with Crippen molar-refractivity contribution in [3.05, 3.63) is 35.9 Å². The first-order chi connectivity index (χ1) is 4.43. The number of benzene rings is 1. The van der Waals surface area contributed by atoms with E-state index in [-0.39, 0.29) is 12.4 Å². The molecule has 0 N–H and O–H groups in total. The van der Waals surface area contributed by atoms with Crippen molar-refractivity contribution in [2.24, 2.45) is 0 Å². The third-order valence-corrected chi connectivity index (χ3v) is 1.38. The van der Waals surface area contributed by atoms with Crippen molar-refractivity contribution in [1.82, 2.24) is 0 Å². The van der Waals surface area contributed by atoms with Crippen LogP contribution in [0.3, 0.4) is 0 Å². The molecule has 0 atom stereocenters. The maximum atomic E-state index is 3.01. The molecule has 0 aromatic heterocycles. The maximum absolute atomic E-state index is 3.01. The molecule has 2 heteroatoms. The van der Waals surface area contributed by atoms with Gasteiger partial charge in [-0.25, -0.2) is 0 Å². The van der Waals surface area contributed by atoms with Crippen LogP contribution < -0.4 is 12.4 Å². The second-order valence-corrected chi connectivity index (χ2v) is 2.41.